The van der Waals surface area contributed by atoms with Gasteiger partial charge in [0.25, 0.3) is 0 Å². The lowest BCUT2D eigenvalue weighted by molar-refractivity contribution is -0.407. The third-order valence-corrected chi connectivity index (χ3v) is 9.15. The number of hydrogen-bond donors (Lipinski definition) is 7. The molecule has 20 nitrogen and oxygen atoms in total. The third kappa shape index (κ3) is 9.68. The van der Waals surface area contributed by atoms with Gasteiger partial charge in [0.1, 0.15) is 68.1 Å². The van der Waals surface area contributed by atoms with Gasteiger partial charge in [-0.25, -0.2) is 9.59 Å². The number of esters is 4. The summed E-state index contributed by atoms with van der Waals surface area (Å²) in [6.07, 6.45) is -24.2. The molecule has 3 heterocycles. The summed E-state index contributed by atoms with van der Waals surface area (Å²) in [6, 6.07) is 15.0. The monoisotopic (exact) mass is 796 g/mol. The van der Waals surface area contributed by atoms with E-state index in [-0.39, 0.29) is 11.1 Å². The first-order valence-corrected chi connectivity index (χ1v) is 17.4. The van der Waals surface area contributed by atoms with E-state index < -0.39 is 136 Å². The largest absolute Gasteiger partial charge is 0.463 e. The molecule has 0 saturated carbocycles. The van der Waals surface area contributed by atoms with Crippen molar-refractivity contribution in [3.05, 3.63) is 71.8 Å². The summed E-state index contributed by atoms with van der Waals surface area (Å²) in [5, 5.41) is 75.8. The molecule has 0 aliphatic carbocycles. The van der Waals surface area contributed by atoms with Gasteiger partial charge in [0, 0.05) is 13.8 Å². The molecule has 0 spiro atoms. The van der Waals surface area contributed by atoms with Crippen LogP contribution in [0.4, 0.5) is 0 Å². The average Bonchev–Trinajstić information content (AvgIpc) is 3.45. The molecule has 308 valence electrons. The first-order valence-electron chi connectivity index (χ1n) is 17.4. The van der Waals surface area contributed by atoms with Crippen LogP contribution in [0, 0.1) is 0 Å². The molecule has 0 bridgehead atoms. The minimum absolute atomic E-state index is 0.00925. The van der Waals surface area contributed by atoms with Crippen LogP contribution in [0.25, 0.3) is 0 Å². The maximum atomic E-state index is 13.3. The highest BCUT2D eigenvalue weighted by Gasteiger charge is 2.63. The van der Waals surface area contributed by atoms with E-state index in [2.05, 4.69) is 0 Å². The van der Waals surface area contributed by atoms with Crippen LogP contribution < -0.4 is 0 Å². The summed E-state index contributed by atoms with van der Waals surface area (Å²) in [5.41, 5.74) is 0.0467. The van der Waals surface area contributed by atoms with Crippen LogP contribution in [-0.2, 0) is 52.2 Å². The van der Waals surface area contributed by atoms with E-state index in [9.17, 15) is 54.9 Å². The quantitative estimate of drug-likeness (QED) is 0.0756. The number of aliphatic hydroxyl groups is 7. The molecule has 7 N–H and O–H groups in total. The number of benzene rings is 2. The molecule has 5 rings (SSSR count). The highest BCUT2D eigenvalue weighted by molar-refractivity contribution is 5.90. The number of ether oxygens (including phenoxy) is 9. The van der Waals surface area contributed by atoms with Gasteiger partial charge in [-0.3, -0.25) is 9.59 Å². The second-order valence-electron chi connectivity index (χ2n) is 13.1. The predicted octanol–water partition coefficient (Wildman–Crippen LogP) is -2.70. The Bertz CT molecular complexity index is 1630. The van der Waals surface area contributed by atoms with Gasteiger partial charge in [-0.2, -0.15) is 0 Å². The lowest BCUT2D eigenvalue weighted by Crippen LogP contribution is -2.67. The highest BCUT2D eigenvalue weighted by Crippen LogP contribution is 2.40. The van der Waals surface area contributed by atoms with E-state index in [4.69, 9.17) is 42.6 Å². The zero-order valence-corrected chi connectivity index (χ0v) is 30.0. The fourth-order valence-corrected chi connectivity index (χ4v) is 6.27. The number of hydrogen-bond acceptors (Lipinski definition) is 20. The van der Waals surface area contributed by atoms with Crippen LogP contribution in [0.3, 0.4) is 0 Å². The normalized spacial score (nSPS) is 35.6. The summed E-state index contributed by atoms with van der Waals surface area (Å²) in [4.78, 5) is 50.1. The number of carbonyl (C=O) groups excluding carboxylic acids is 4. The number of carbonyl (C=O) groups is 4. The molecule has 3 aliphatic heterocycles. The van der Waals surface area contributed by atoms with Crippen molar-refractivity contribution in [1.29, 1.82) is 0 Å². The molecule has 14 atom stereocenters. The second kappa shape index (κ2) is 18.9. The molecular weight excluding hydrogens is 752 g/mol. The molecule has 3 fully saturated rings. The van der Waals surface area contributed by atoms with Crippen LogP contribution in [0.2, 0.25) is 0 Å². The maximum Gasteiger partial charge on any atom is 0.338 e. The first-order chi connectivity index (χ1) is 26.7. The fourth-order valence-electron chi connectivity index (χ4n) is 6.27. The van der Waals surface area contributed by atoms with E-state index >= 15 is 0 Å². The van der Waals surface area contributed by atoms with Gasteiger partial charge in [-0.15, -0.1) is 0 Å². The number of aliphatic hydroxyl groups excluding tert-OH is 7. The lowest BCUT2D eigenvalue weighted by Gasteiger charge is -2.48. The van der Waals surface area contributed by atoms with Gasteiger partial charge in [0.15, 0.2) is 24.8 Å². The maximum absolute atomic E-state index is 13.3. The lowest BCUT2D eigenvalue weighted by atomic mass is 9.96. The molecular formula is C36H44O20. The van der Waals surface area contributed by atoms with Crippen LogP contribution in [-0.4, -0.2) is 172 Å². The minimum atomic E-state index is -2.58. The summed E-state index contributed by atoms with van der Waals surface area (Å²) < 4.78 is 50.9. The highest BCUT2D eigenvalue weighted by atomic mass is 16.8. The van der Waals surface area contributed by atoms with Crippen molar-refractivity contribution in [2.24, 2.45) is 0 Å². The molecule has 20 heteroatoms. The smallest absolute Gasteiger partial charge is 0.338 e. The van der Waals surface area contributed by atoms with Crippen molar-refractivity contribution < 1.29 is 97.6 Å². The topological polar surface area (TPSA) is 293 Å². The van der Waals surface area contributed by atoms with E-state index in [0.29, 0.717) is 0 Å². The molecule has 3 aliphatic rings. The Kier molecular flexibility index (Phi) is 14.5. The van der Waals surface area contributed by atoms with Crippen LogP contribution in [0.15, 0.2) is 60.7 Å². The minimum Gasteiger partial charge on any atom is -0.463 e. The summed E-state index contributed by atoms with van der Waals surface area (Å²) in [7, 11) is 0. The van der Waals surface area contributed by atoms with Gasteiger partial charge in [0.05, 0.1) is 24.3 Å². The molecule has 0 aromatic heterocycles. The number of rotatable bonds is 14. The second-order valence-corrected chi connectivity index (χ2v) is 13.1. The van der Waals surface area contributed by atoms with Crippen LogP contribution >= 0.6 is 0 Å². The van der Waals surface area contributed by atoms with Gasteiger partial charge < -0.3 is 78.4 Å². The van der Waals surface area contributed by atoms with E-state index in [1.54, 1.807) is 12.1 Å². The molecule has 3 saturated heterocycles. The van der Waals surface area contributed by atoms with E-state index in [0.717, 1.165) is 13.8 Å². The van der Waals surface area contributed by atoms with Crippen molar-refractivity contribution in [2.45, 2.75) is 99.4 Å². The summed E-state index contributed by atoms with van der Waals surface area (Å²) in [5.74, 6) is -6.26. The predicted molar refractivity (Wildman–Crippen MR) is 180 cm³/mol. The summed E-state index contributed by atoms with van der Waals surface area (Å²) in [6.45, 7) is -1.33. The Morgan fingerprint density at radius 1 is 0.625 bits per heavy atom. The van der Waals surface area contributed by atoms with Crippen molar-refractivity contribution >= 4 is 23.9 Å². The molecule has 0 amide bonds. The Labute approximate surface area is 318 Å². The zero-order valence-electron chi connectivity index (χ0n) is 30.0. The van der Waals surface area contributed by atoms with Crippen LogP contribution in [0.1, 0.15) is 34.6 Å². The van der Waals surface area contributed by atoms with Gasteiger partial charge in [-0.05, 0) is 24.3 Å². The Hall–Kier alpha value is -4.16. The first kappa shape index (κ1) is 43.0. The van der Waals surface area contributed by atoms with E-state index in [1.807, 2.05) is 0 Å². The molecule has 0 radical (unpaired) electrons. The molecule has 2 aromatic rings. The van der Waals surface area contributed by atoms with E-state index in [1.165, 1.54) is 48.5 Å². The Morgan fingerprint density at radius 3 is 1.73 bits per heavy atom. The Morgan fingerprint density at radius 2 is 1.18 bits per heavy atom. The third-order valence-electron chi connectivity index (χ3n) is 9.15. The summed E-state index contributed by atoms with van der Waals surface area (Å²) >= 11 is 0. The van der Waals surface area contributed by atoms with Crippen molar-refractivity contribution in [3.63, 3.8) is 0 Å². The van der Waals surface area contributed by atoms with Crippen LogP contribution in [0.5, 0.6) is 0 Å². The van der Waals surface area contributed by atoms with Gasteiger partial charge in [0.2, 0.25) is 5.79 Å². The molecule has 0 unspecified atom stereocenters. The van der Waals surface area contributed by atoms with Crippen molar-refractivity contribution in [2.75, 3.05) is 26.4 Å². The SMILES string of the molecule is CC(=O)OC[C@H]1O[C@@H](O[C@H]2[C@H](O[C@]3(COC(C)=O)O[C@H](CO)[C@@H](O)[C@@H]3OC(=O)c3ccccc3)O[C@H](CO)[C@@H](OC(=O)c3ccccc3)[C@@H]2O)[C@H](O)[C@@H](O)[C@@H]1O. The fraction of sp³-hybridized carbons (Fsp3) is 0.556. The molecule has 56 heavy (non-hydrogen) atoms. The van der Waals surface area contributed by atoms with Gasteiger partial charge in [-0.1, -0.05) is 36.4 Å². The van der Waals surface area contributed by atoms with Crippen molar-refractivity contribution in [3.8, 4) is 0 Å². The standard InChI is InChI=1S/C36H44O20/c1-17(39)48-15-23-24(41)26(43)27(44)34(51-23)53-30-28(45)29(52-32(46)19-9-5-3-6-10-19)22(14-38)50-35(30)56-36(16-49-18(2)40)31(25(42)21(13-37)55-36)54-33(47)20-11-7-4-8-12-20/h3-12,21-31,34-35,37-38,41-45H,13-16H2,1-2H3/t21-,22-,23-,24-,25-,26+,27-,28+,29-,30-,31+,34+,35+,36+/m1/s1. The Balaban J connectivity index is 1.54. The van der Waals surface area contributed by atoms with Crippen molar-refractivity contribution in [1.82, 2.24) is 0 Å². The zero-order chi connectivity index (χ0) is 40.7. The average molecular weight is 797 g/mol. The van der Waals surface area contributed by atoms with Gasteiger partial charge >= 0.3 is 23.9 Å². The molecule has 2 aromatic carbocycles.